The largest absolute Gasteiger partial charge is 0.418 e. The Morgan fingerprint density at radius 2 is 2.05 bits per heavy atom. The maximum Gasteiger partial charge on any atom is 0.418 e. The van der Waals surface area contributed by atoms with Gasteiger partial charge in [-0.05, 0) is 31.0 Å². The predicted octanol–water partition coefficient (Wildman–Crippen LogP) is 2.97. The average molecular weight is 350 g/mol. The molecule has 8 heteroatoms. The summed E-state index contributed by atoms with van der Waals surface area (Å²) in [6.45, 7) is -0.00105. The first-order chi connectivity index (χ1) is 9.41. The Bertz CT molecular complexity index is 598. The fourth-order valence-electron chi connectivity index (χ4n) is 1.73. The molecule has 2 rings (SSSR count). The van der Waals surface area contributed by atoms with E-state index in [1.165, 1.54) is 18.3 Å². The van der Waals surface area contributed by atoms with Crippen molar-refractivity contribution in [1.82, 2.24) is 15.0 Å². The Labute approximate surface area is 121 Å². The monoisotopic (exact) mass is 349 g/mol. The molecule has 0 bridgehead atoms. The van der Waals surface area contributed by atoms with Crippen molar-refractivity contribution >= 4 is 15.9 Å². The van der Waals surface area contributed by atoms with Crippen LogP contribution in [0, 0.1) is 0 Å². The molecule has 20 heavy (non-hydrogen) atoms. The normalized spacial score (nSPS) is 11.8. The number of rotatable bonds is 4. The molecule has 2 aromatic rings. The van der Waals surface area contributed by atoms with Crippen molar-refractivity contribution < 1.29 is 18.3 Å². The van der Waals surface area contributed by atoms with E-state index in [-0.39, 0.29) is 12.3 Å². The van der Waals surface area contributed by atoms with Gasteiger partial charge in [0.2, 0.25) is 0 Å². The van der Waals surface area contributed by atoms with Crippen LogP contribution in [-0.4, -0.2) is 26.7 Å². The molecular weight excluding hydrogens is 339 g/mol. The van der Waals surface area contributed by atoms with Gasteiger partial charge in [0.25, 0.3) is 0 Å². The number of alkyl halides is 3. The molecule has 0 aliphatic rings. The van der Waals surface area contributed by atoms with Crippen molar-refractivity contribution in [3.8, 4) is 5.69 Å². The highest BCUT2D eigenvalue weighted by molar-refractivity contribution is 9.10. The summed E-state index contributed by atoms with van der Waals surface area (Å²) in [6.07, 6.45) is -2.08. The Morgan fingerprint density at radius 3 is 2.70 bits per heavy atom. The van der Waals surface area contributed by atoms with Crippen LogP contribution >= 0.6 is 15.9 Å². The highest BCUT2D eigenvalue weighted by atomic mass is 79.9. The molecule has 4 nitrogen and oxygen atoms in total. The van der Waals surface area contributed by atoms with Crippen LogP contribution in [0.5, 0.6) is 0 Å². The summed E-state index contributed by atoms with van der Waals surface area (Å²) < 4.78 is 40.5. The third-order valence-electron chi connectivity index (χ3n) is 2.64. The SMILES string of the molecule is OCCCc1cn(-c2ccc(Br)cc2C(F)(F)F)nn1. The summed E-state index contributed by atoms with van der Waals surface area (Å²) in [6, 6.07) is 3.85. The van der Waals surface area contributed by atoms with Gasteiger partial charge in [-0.1, -0.05) is 21.1 Å². The minimum Gasteiger partial charge on any atom is -0.396 e. The van der Waals surface area contributed by atoms with Gasteiger partial charge < -0.3 is 5.11 Å². The number of hydrogen-bond acceptors (Lipinski definition) is 3. The van der Waals surface area contributed by atoms with E-state index in [2.05, 4.69) is 26.2 Å². The summed E-state index contributed by atoms with van der Waals surface area (Å²) >= 11 is 3.03. The van der Waals surface area contributed by atoms with Crippen molar-refractivity contribution in [2.45, 2.75) is 19.0 Å². The fraction of sp³-hybridized carbons (Fsp3) is 0.333. The first kappa shape index (κ1) is 15.0. The molecule has 108 valence electrons. The summed E-state index contributed by atoms with van der Waals surface area (Å²) in [5, 5.41) is 16.2. The first-order valence-electron chi connectivity index (χ1n) is 5.81. The van der Waals surface area contributed by atoms with Gasteiger partial charge in [0.1, 0.15) is 0 Å². The van der Waals surface area contributed by atoms with Crippen LogP contribution in [0.25, 0.3) is 5.69 Å². The molecule has 0 fully saturated rings. The number of aliphatic hydroxyl groups excluding tert-OH is 1. The molecular formula is C12H11BrF3N3O. The summed E-state index contributed by atoms with van der Waals surface area (Å²) in [7, 11) is 0. The molecule has 0 atom stereocenters. The van der Waals surface area contributed by atoms with Crippen LogP contribution in [0.15, 0.2) is 28.9 Å². The van der Waals surface area contributed by atoms with Gasteiger partial charge >= 0.3 is 6.18 Å². The molecule has 0 saturated carbocycles. The quantitative estimate of drug-likeness (QED) is 0.923. The lowest BCUT2D eigenvalue weighted by atomic mass is 10.1. The third-order valence-corrected chi connectivity index (χ3v) is 3.14. The zero-order chi connectivity index (χ0) is 14.8. The molecule has 0 aliphatic carbocycles. The summed E-state index contributed by atoms with van der Waals surface area (Å²) in [5.74, 6) is 0. The standard InChI is InChI=1S/C12H11BrF3N3O/c13-8-3-4-11(10(6-8)12(14,15)16)19-7-9(17-18-19)2-1-5-20/h3-4,6-7,20H,1-2,5H2. The second kappa shape index (κ2) is 5.92. The van der Waals surface area contributed by atoms with E-state index in [0.717, 1.165) is 10.7 Å². The van der Waals surface area contributed by atoms with Crippen LogP contribution in [-0.2, 0) is 12.6 Å². The van der Waals surface area contributed by atoms with Gasteiger partial charge in [0, 0.05) is 11.1 Å². The minimum atomic E-state index is -4.48. The van der Waals surface area contributed by atoms with Gasteiger partial charge in [0.15, 0.2) is 0 Å². The molecule has 1 N–H and O–H groups in total. The van der Waals surface area contributed by atoms with E-state index in [0.29, 0.717) is 23.0 Å². The van der Waals surface area contributed by atoms with Crippen molar-refractivity contribution in [2.75, 3.05) is 6.61 Å². The van der Waals surface area contributed by atoms with E-state index >= 15 is 0 Å². The van der Waals surface area contributed by atoms with Crippen LogP contribution in [0.1, 0.15) is 17.7 Å². The van der Waals surface area contributed by atoms with E-state index in [4.69, 9.17) is 5.11 Å². The maximum absolute atomic E-state index is 13.0. The van der Waals surface area contributed by atoms with Crippen LogP contribution < -0.4 is 0 Å². The molecule has 0 amide bonds. The van der Waals surface area contributed by atoms with Gasteiger partial charge in [-0.25, -0.2) is 4.68 Å². The second-order valence-corrected chi connectivity index (χ2v) is 5.06. The zero-order valence-electron chi connectivity index (χ0n) is 10.2. The lowest BCUT2D eigenvalue weighted by Gasteiger charge is -2.12. The second-order valence-electron chi connectivity index (χ2n) is 4.14. The smallest absolute Gasteiger partial charge is 0.396 e. The van der Waals surface area contributed by atoms with Gasteiger partial charge in [0.05, 0.1) is 23.1 Å². The van der Waals surface area contributed by atoms with Crippen molar-refractivity contribution in [1.29, 1.82) is 0 Å². The highest BCUT2D eigenvalue weighted by Gasteiger charge is 2.34. The highest BCUT2D eigenvalue weighted by Crippen LogP contribution is 2.35. The average Bonchev–Trinajstić information content (AvgIpc) is 2.84. The molecule has 0 aliphatic heterocycles. The lowest BCUT2D eigenvalue weighted by molar-refractivity contribution is -0.137. The van der Waals surface area contributed by atoms with Gasteiger partial charge in [-0.15, -0.1) is 5.10 Å². The minimum absolute atomic E-state index is 0.00105. The van der Waals surface area contributed by atoms with E-state index in [9.17, 15) is 13.2 Å². The van der Waals surface area contributed by atoms with Crippen molar-refractivity contribution in [3.63, 3.8) is 0 Å². The number of aryl methyl sites for hydroxylation is 1. The molecule has 0 spiro atoms. The molecule has 0 unspecified atom stereocenters. The lowest BCUT2D eigenvalue weighted by Crippen LogP contribution is -2.11. The summed E-state index contributed by atoms with van der Waals surface area (Å²) in [5.41, 5.74) is -0.330. The topological polar surface area (TPSA) is 50.9 Å². The summed E-state index contributed by atoms with van der Waals surface area (Å²) in [4.78, 5) is 0. The van der Waals surface area contributed by atoms with E-state index < -0.39 is 11.7 Å². The van der Waals surface area contributed by atoms with Crippen LogP contribution in [0.3, 0.4) is 0 Å². The number of nitrogens with zero attached hydrogens (tertiary/aromatic N) is 3. The van der Waals surface area contributed by atoms with Crippen LogP contribution in [0.2, 0.25) is 0 Å². The van der Waals surface area contributed by atoms with Gasteiger partial charge in [-0.2, -0.15) is 13.2 Å². The van der Waals surface area contributed by atoms with Gasteiger partial charge in [-0.3, -0.25) is 0 Å². The Hall–Kier alpha value is -1.41. The Kier molecular flexibility index (Phi) is 4.44. The van der Waals surface area contributed by atoms with Crippen LogP contribution in [0.4, 0.5) is 13.2 Å². The number of hydrogen-bond donors (Lipinski definition) is 1. The molecule has 0 radical (unpaired) electrons. The third kappa shape index (κ3) is 3.37. The Morgan fingerprint density at radius 1 is 1.30 bits per heavy atom. The van der Waals surface area contributed by atoms with E-state index in [1.807, 2.05) is 0 Å². The molecule has 0 saturated heterocycles. The predicted molar refractivity (Wildman–Crippen MR) is 69.5 cm³/mol. The number of aromatic nitrogens is 3. The number of aliphatic hydroxyl groups is 1. The number of benzene rings is 1. The molecule has 1 aromatic carbocycles. The number of halogens is 4. The van der Waals surface area contributed by atoms with Crippen molar-refractivity contribution in [2.24, 2.45) is 0 Å². The molecule has 1 aromatic heterocycles. The fourth-order valence-corrected chi connectivity index (χ4v) is 2.09. The Balaban J connectivity index is 2.39. The zero-order valence-corrected chi connectivity index (χ0v) is 11.8. The maximum atomic E-state index is 13.0. The first-order valence-corrected chi connectivity index (χ1v) is 6.60. The van der Waals surface area contributed by atoms with E-state index in [1.54, 1.807) is 0 Å². The van der Waals surface area contributed by atoms with Crippen molar-refractivity contribution in [3.05, 3.63) is 40.1 Å². The molecule has 1 heterocycles.